The van der Waals surface area contributed by atoms with E-state index in [-0.39, 0.29) is 5.91 Å². The maximum atomic E-state index is 12.1. The van der Waals surface area contributed by atoms with Crippen LogP contribution in [0.15, 0.2) is 42.6 Å². The first kappa shape index (κ1) is 14.8. The lowest BCUT2D eigenvalue weighted by Gasteiger charge is -2.05. The molecule has 0 spiro atoms. The summed E-state index contributed by atoms with van der Waals surface area (Å²) < 4.78 is 1.89. The predicted molar refractivity (Wildman–Crippen MR) is 85.5 cm³/mol. The molecule has 0 fully saturated rings. The average molecular weight is 335 g/mol. The number of hydrogen-bond donors (Lipinski definition) is 1. The summed E-state index contributed by atoms with van der Waals surface area (Å²) in [6.45, 7) is 0.443. The number of halogens is 2. The zero-order valence-corrected chi connectivity index (χ0v) is 13.0. The Morgan fingerprint density at radius 3 is 2.68 bits per heavy atom. The molecule has 0 saturated heterocycles. The highest BCUT2D eigenvalue weighted by Crippen LogP contribution is 2.18. The van der Waals surface area contributed by atoms with Crippen LogP contribution in [-0.2, 0) is 6.42 Å². The number of benzene rings is 1. The molecule has 0 atom stereocenters. The Hall–Kier alpha value is -2.11. The first-order chi connectivity index (χ1) is 10.6. The van der Waals surface area contributed by atoms with Crippen molar-refractivity contribution in [2.45, 2.75) is 6.42 Å². The number of amides is 1. The molecule has 0 saturated carbocycles. The molecular formula is C15H12Cl2N4O. The van der Waals surface area contributed by atoms with Gasteiger partial charge in [0, 0.05) is 34.8 Å². The van der Waals surface area contributed by atoms with Gasteiger partial charge < -0.3 is 5.32 Å². The van der Waals surface area contributed by atoms with Gasteiger partial charge in [-0.05, 0) is 30.3 Å². The van der Waals surface area contributed by atoms with Gasteiger partial charge in [-0.2, -0.15) is 0 Å². The third-order valence-corrected chi connectivity index (χ3v) is 3.58. The molecular weight excluding hydrogens is 323 g/mol. The van der Waals surface area contributed by atoms with Crippen LogP contribution < -0.4 is 5.32 Å². The second kappa shape index (κ2) is 6.34. The van der Waals surface area contributed by atoms with Crippen LogP contribution in [0.3, 0.4) is 0 Å². The van der Waals surface area contributed by atoms with Gasteiger partial charge in [-0.25, -0.2) is 0 Å². The fraction of sp³-hybridized carbons (Fsp3) is 0.133. The van der Waals surface area contributed by atoms with Gasteiger partial charge in [0.2, 0.25) is 0 Å². The Kier molecular flexibility index (Phi) is 4.27. The van der Waals surface area contributed by atoms with Crippen LogP contribution in [-0.4, -0.2) is 27.0 Å². The van der Waals surface area contributed by atoms with Crippen molar-refractivity contribution in [3.8, 4) is 0 Å². The normalized spacial score (nSPS) is 10.8. The molecule has 0 bridgehead atoms. The number of rotatable bonds is 4. The van der Waals surface area contributed by atoms with Gasteiger partial charge in [-0.15, -0.1) is 10.2 Å². The number of carbonyl (C=O) groups excluding carboxylic acids is 1. The summed E-state index contributed by atoms with van der Waals surface area (Å²) in [7, 11) is 0. The third kappa shape index (κ3) is 3.21. The first-order valence-corrected chi connectivity index (χ1v) is 7.42. The summed E-state index contributed by atoms with van der Waals surface area (Å²) in [5.41, 5.74) is 1.22. The van der Waals surface area contributed by atoms with Crippen LogP contribution in [0.5, 0.6) is 0 Å². The minimum absolute atomic E-state index is 0.224. The van der Waals surface area contributed by atoms with Gasteiger partial charge in [0.25, 0.3) is 5.91 Å². The van der Waals surface area contributed by atoms with Crippen LogP contribution in [0.1, 0.15) is 16.2 Å². The molecule has 1 N–H and O–H groups in total. The van der Waals surface area contributed by atoms with Gasteiger partial charge in [0.15, 0.2) is 5.65 Å². The SMILES string of the molecule is O=C(NCCc1nnc2ccccn12)c1cc(Cl)cc(Cl)c1. The Labute approximate surface area is 136 Å². The third-order valence-electron chi connectivity index (χ3n) is 3.14. The summed E-state index contributed by atoms with van der Waals surface area (Å²) >= 11 is 11.8. The summed E-state index contributed by atoms with van der Waals surface area (Å²) in [6.07, 6.45) is 2.47. The van der Waals surface area contributed by atoms with Crippen molar-refractivity contribution in [3.05, 3.63) is 64.0 Å². The summed E-state index contributed by atoms with van der Waals surface area (Å²) in [5.74, 6) is 0.568. The van der Waals surface area contributed by atoms with Crippen molar-refractivity contribution >= 4 is 34.8 Å². The smallest absolute Gasteiger partial charge is 0.251 e. The van der Waals surface area contributed by atoms with Crippen LogP contribution in [0.2, 0.25) is 10.0 Å². The van der Waals surface area contributed by atoms with Gasteiger partial charge in [-0.3, -0.25) is 9.20 Å². The van der Waals surface area contributed by atoms with Crippen molar-refractivity contribution in [2.75, 3.05) is 6.54 Å². The van der Waals surface area contributed by atoms with Gasteiger partial charge in [-0.1, -0.05) is 29.3 Å². The molecule has 0 aliphatic heterocycles. The van der Waals surface area contributed by atoms with Crippen LogP contribution in [0.25, 0.3) is 5.65 Å². The Bertz CT molecular complexity index is 811. The maximum absolute atomic E-state index is 12.1. The first-order valence-electron chi connectivity index (χ1n) is 6.66. The fourth-order valence-corrected chi connectivity index (χ4v) is 2.66. The van der Waals surface area contributed by atoms with Gasteiger partial charge >= 0.3 is 0 Å². The molecule has 3 aromatic rings. The minimum atomic E-state index is -0.224. The highest BCUT2D eigenvalue weighted by atomic mass is 35.5. The zero-order valence-electron chi connectivity index (χ0n) is 11.5. The maximum Gasteiger partial charge on any atom is 0.251 e. The van der Waals surface area contributed by atoms with E-state index in [4.69, 9.17) is 23.2 Å². The Balaban J connectivity index is 1.64. The van der Waals surface area contributed by atoms with E-state index >= 15 is 0 Å². The van der Waals surface area contributed by atoms with Crippen molar-refractivity contribution in [1.29, 1.82) is 0 Å². The molecule has 0 aliphatic carbocycles. The quantitative estimate of drug-likeness (QED) is 0.797. The molecule has 2 heterocycles. The van der Waals surface area contributed by atoms with E-state index in [0.717, 1.165) is 11.5 Å². The number of pyridine rings is 1. The van der Waals surface area contributed by atoms with Crippen molar-refractivity contribution in [3.63, 3.8) is 0 Å². The van der Waals surface area contributed by atoms with E-state index in [9.17, 15) is 4.79 Å². The lowest BCUT2D eigenvalue weighted by molar-refractivity contribution is 0.0954. The number of fused-ring (bicyclic) bond motifs is 1. The standard InChI is InChI=1S/C15H12Cl2N4O/c16-11-7-10(8-12(17)9-11)15(22)18-5-4-14-20-19-13-3-1-2-6-21(13)14/h1-3,6-9H,4-5H2,(H,18,22). The number of carbonyl (C=O) groups is 1. The Morgan fingerprint density at radius 2 is 1.91 bits per heavy atom. The van der Waals surface area contributed by atoms with E-state index < -0.39 is 0 Å². The molecule has 7 heteroatoms. The molecule has 3 rings (SSSR count). The summed E-state index contributed by atoms with van der Waals surface area (Å²) in [4.78, 5) is 12.1. The zero-order chi connectivity index (χ0) is 15.5. The monoisotopic (exact) mass is 334 g/mol. The Morgan fingerprint density at radius 1 is 1.14 bits per heavy atom. The van der Waals surface area contributed by atoms with E-state index in [1.807, 2.05) is 28.8 Å². The second-order valence-electron chi connectivity index (χ2n) is 4.71. The molecule has 22 heavy (non-hydrogen) atoms. The molecule has 0 radical (unpaired) electrons. The molecule has 0 aliphatic rings. The lowest BCUT2D eigenvalue weighted by Crippen LogP contribution is -2.26. The van der Waals surface area contributed by atoms with Crippen molar-refractivity contribution in [1.82, 2.24) is 19.9 Å². The van der Waals surface area contributed by atoms with Crippen LogP contribution in [0.4, 0.5) is 0 Å². The topological polar surface area (TPSA) is 59.3 Å². The van der Waals surface area contributed by atoms with Gasteiger partial charge in [0.05, 0.1) is 0 Å². The number of hydrogen-bond acceptors (Lipinski definition) is 3. The van der Waals surface area contributed by atoms with E-state index in [0.29, 0.717) is 28.6 Å². The molecule has 0 unspecified atom stereocenters. The van der Waals surface area contributed by atoms with Crippen molar-refractivity contribution in [2.24, 2.45) is 0 Å². The highest BCUT2D eigenvalue weighted by Gasteiger charge is 2.09. The number of aromatic nitrogens is 3. The molecule has 1 aromatic carbocycles. The number of nitrogens with one attached hydrogen (secondary N) is 1. The van der Waals surface area contributed by atoms with Crippen molar-refractivity contribution < 1.29 is 4.79 Å². The minimum Gasteiger partial charge on any atom is -0.352 e. The van der Waals surface area contributed by atoms with E-state index in [1.165, 1.54) is 0 Å². The summed E-state index contributed by atoms with van der Waals surface area (Å²) in [6, 6.07) is 10.4. The average Bonchev–Trinajstić information content (AvgIpc) is 2.90. The van der Waals surface area contributed by atoms with Crippen LogP contribution in [0, 0.1) is 0 Å². The lowest BCUT2D eigenvalue weighted by atomic mass is 10.2. The molecule has 2 aromatic heterocycles. The second-order valence-corrected chi connectivity index (χ2v) is 5.58. The molecule has 5 nitrogen and oxygen atoms in total. The van der Waals surface area contributed by atoms with Gasteiger partial charge in [0.1, 0.15) is 5.82 Å². The predicted octanol–water partition coefficient (Wildman–Crippen LogP) is 3.01. The van der Waals surface area contributed by atoms with E-state index in [1.54, 1.807) is 18.2 Å². The largest absolute Gasteiger partial charge is 0.352 e. The molecule has 112 valence electrons. The number of nitrogens with zero attached hydrogens (tertiary/aromatic N) is 3. The fourth-order valence-electron chi connectivity index (χ4n) is 2.14. The highest BCUT2D eigenvalue weighted by molar-refractivity contribution is 6.35. The van der Waals surface area contributed by atoms with E-state index in [2.05, 4.69) is 15.5 Å². The summed E-state index contributed by atoms with van der Waals surface area (Å²) in [5, 5.41) is 11.9. The molecule has 1 amide bonds. The van der Waals surface area contributed by atoms with Crippen LogP contribution >= 0.6 is 23.2 Å².